The molecule has 1 saturated carbocycles. The quantitative estimate of drug-likeness (QED) is 0.553. The van der Waals surface area contributed by atoms with E-state index in [0.717, 1.165) is 48.3 Å². The highest BCUT2D eigenvalue weighted by molar-refractivity contribution is 5.92. The standard InChI is InChI=1S/C25H25F2N3O/c26-20-12-11-18(13-21(20)27)15-24(31)30-25-22(14-17-7-3-1-4-8-17)29-23(16-28-25)19-9-5-2-6-10-19/h2,5-6,9-13,16-17H,1,3-4,7-8,14-15H2,(H,28,30,31). The molecule has 0 bridgehead atoms. The number of rotatable bonds is 6. The van der Waals surface area contributed by atoms with Crippen molar-refractivity contribution >= 4 is 11.7 Å². The molecular formula is C25H25F2N3O. The summed E-state index contributed by atoms with van der Waals surface area (Å²) in [5.41, 5.74) is 2.91. The van der Waals surface area contributed by atoms with Crippen LogP contribution in [-0.2, 0) is 17.6 Å². The van der Waals surface area contributed by atoms with Crippen LogP contribution in [-0.4, -0.2) is 15.9 Å². The number of nitrogens with one attached hydrogen (secondary N) is 1. The summed E-state index contributed by atoms with van der Waals surface area (Å²) in [6.45, 7) is 0. The van der Waals surface area contributed by atoms with Crippen molar-refractivity contribution in [3.8, 4) is 11.3 Å². The highest BCUT2D eigenvalue weighted by atomic mass is 19.2. The Morgan fingerprint density at radius 1 is 1.00 bits per heavy atom. The van der Waals surface area contributed by atoms with Crippen LogP contribution in [0.3, 0.4) is 0 Å². The minimum Gasteiger partial charge on any atom is -0.309 e. The zero-order valence-electron chi connectivity index (χ0n) is 17.3. The first kappa shape index (κ1) is 21.1. The third-order valence-electron chi connectivity index (χ3n) is 5.73. The first-order valence-corrected chi connectivity index (χ1v) is 10.7. The molecule has 1 N–H and O–H groups in total. The molecule has 1 aliphatic carbocycles. The number of hydrogen-bond donors (Lipinski definition) is 1. The fourth-order valence-electron chi connectivity index (χ4n) is 4.10. The van der Waals surface area contributed by atoms with E-state index in [-0.39, 0.29) is 12.3 Å². The lowest BCUT2D eigenvalue weighted by Gasteiger charge is -2.22. The van der Waals surface area contributed by atoms with E-state index in [0.29, 0.717) is 17.3 Å². The Morgan fingerprint density at radius 2 is 1.77 bits per heavy atom. The molecule has 2 aromatic carbocycles. The monoisotopic (exact) mass is 421 g/mol. The first-order chi connectivity index (χ1) is 15.1. The van der Waals surface area contributed by atoms with E-state index in [9.17, 15) is 13.6 Å². The summed E-state index contributed by atoms with van der Waals surface area (Å²) in [7, 11) is 0. The molecular weight excluding hydrogens is 396 g/mol. The van der Waals surface area contributed by atoms with Crippen molar-refractivity contribution in [2.24, 2.45) is 5.92 Å². The molecule has 0 radical (unpaired) electrons. The summed E-state index contributed by atoms with van der Waals surface area (Å²) in [6.07, 6.45) is 8.36. The van der Waals surface area contributed by atoms with E-state index in [2.05, 4.69) is 10.3 Å². The number of carbonyl (C=O) groups is 1. The average molecular weight is 421 g/mol. The van der Waals surface area contributed by atoms with Crippen LogP contribution in [0.4, 0.5) is 14.6 Å². The van der Waals surface area contributed by atoms with E-state index in [1.54, 1.807) is 6.20 Å². The third-order valence-corrected chi connectivity index (χ3v) is 5.73. The molecule has 1 aromatic heterocycles. The summed E-state index contributed by atoms with van der Waals surface area (Å²) < 4.78 is 26.6. The van der Waals surface area contributed by atoms with Crippen LogP contribution in [0.15, 0.2) is 54.7 Å². The van der Waals surface area contributed by atoms with Gasteiger partial charge in [-0.2, -0.15) is 0 Å². The van der Waals surface area contributed by atoms with Gasteiger partial charge in [-0.05, 0) is 30.0 Å². The number of amides is 1. The lowest BCUT2D eigenvalue weighted by molar-refractivity contribution is -0.115. The predicted octanol–water partition coefficient (Wildman–Crippen LogP) is 5.73. The maximum atomic E-state index is 13.5. The summed E-state index contributed by atoms with van der Waals surface area (Å²) in [5.74, 6) is -1.26. The first-order valence-electron chi connectivity index (χ1n) is 10.7. The minimum absolute atomic E-state index is 0.0673. The Labute approximate surface area is 180 Å². The van der Waals surface area contributed by atoms with Gasteiger partial charge in [0.25, 0.3) is 0 Å². The van der Waals surface area contributed by atoms with Crippen molar-refractivity contribution in [2.45, 2.75) is 44.9 Å². The van der Waals surface area contributed by atoms with Gasteiger partial charge in [0, 0.05) is 5.56 Å². The molecule has 1 fully saturated rings. The zero-order valence-corrected chi connectivity index (χ0v) is 17.3. The Bertz CT molecular complexity index is 1050. The van der Waals surface area contributed by atoms with Gasteiger partial charge in [-0.25, -0.2) is 18.7 Å². The van der Waals surface area contributed by atoms with Crippen LogP contribution >= 0.6 is 0 Å². The van der Waals surface area contributed by atoms with Crippen molar-refractivity contribution < 1.29 is 13.6 Å². The van der Waals surface area contributed by atoms with Crippen molar-refractivity contribution in [2.75, 3.05) is 5.32 Å². The Balaban J connectivity index is 1.55. The Hall–Kier alpha value is -3.15. The lowest BCUT2D eigenvalue weighted by Crippen LogP contribution is -2.19. The van der Waals surface area contributed by atoms with Crippen molar-refractivity contribution in [1.82, 2.24) is 9.97 Å². The van der Waals surface area contributed by atoms with Gasteiger partial charge in [0.15, 0.2) is 17.5 Å². The minimum atomic E-state index is -0.963. The van der Waals surface area contributed by atoms with Crippen LogP contribution in [0, 0.1) is 17.6 Å². The molecule has 0 atom stereocenters. The van der Waals surface area contributed by atoms with Gasteiger partial charge >= 0.3 is 0 Å². The molecule has 0 aliphatic heterocycles. The van der Waals surface area contributed by atoms with Gasteiger partial charge in [-0.15, -0.1) is 0 Å². The summed E-state index contributed by atoms with van der Waals surface area (Å²) in [6, 6.07) is 13.3. The molecule has 0 spiro atoms. The van der Waals surface area contributed by atoms with Gasteiger partial charge in [0.1, 0.15) is 0 Å². The molecule has 1 aliphatic rings. The highest BCUT2D eigenvalue weighted by Gasteiger charge is 2.19. The number of carbonyl (C=O) groups excluding carboxylic acids is 1. The molecule has 31 heavy (non-hydrogen) atoms. The SMILES string of the molecule is O=C(Cc1ccc(F)c(F)c1)Nc1ncc(-c2ccccc2)nc1CC1CCCCC1. The Morgan fingerprint density at radius 3 is 2.52 bits per heavy atom. The zero-order chi connectivity index (χ0) is 21.6. The van der Waals surface area contributed by atoms with E-state index < -0.39 is 11.6 Å². The van der Waals surface area contributed by atoms with E-state index >= 15 is 0 Å². The maximum absolute atomic E-state index is 13.5. The van der Waals surface area contributed by atoms with Crippen molar-refractivity contribution in [3.05, 3.63) is 77.6 Å². The fraction of sp³-hybridized carbons (Fsp3) is 0.320. The fourth-order valence-corrected chi connectivity index (χ4v) is 4.10. The molecule has 4 nitrogen and oxygen atoms in total. The smallest absolute Gasteiger partial charge is 0.229 e. The van der Waals surface area contributed by atoms with E-state index in [1.807, 2.05) is 30.3 Å². The normalized spacial score (nSPS) is 14.4. The molecule has 3 aromatic rings. The molecule has 0 unspecified atom stereocenters. The van der Waals surface area contributed by atoms with Crippen LogP contribution in [0.2, 0.25) is 0 Å². The number of hydrogen-bond acceptors (Lipinski definition) is 3. The number of halogens is 2. The van der Waals surface area contributed by atoms with Crippen LogP contribution in [0.25, 0.3) is 11.3 Å². The number of nitrogens with zero attached hydrogens (tertiary/aromatic N) is 2. The van der Waals surface area contributed by atoms with Gasteiger partial charge in [0.2, 0.25) is 5.91 Å². The van der Waals surface area contributed by atoms with Crippen LogP contribution in [0.1, 0.15) is 43.4 Å². The van der Waals surface area contributed by atoms with Crippen LogP contribution in [0.5, 0.6) is 0 Å². The van der Waals surface area contributed by atoms with Gasteiger partial charge in [0.05, 0.1) is 24.0 Å². The topological polar surface area (TPSA) is 54.9 Å². The summed E-state index contributed by atoms with van der Waals surface area (Å²) in [4.78, 5) is 21.9. The largest absolute Gasteiger partial charge is 0.309 e. The molecule has 6 heteroatoms. The van der Waals surface area contributed by atoms with Crippen molar-refractivity contribution in [3.63, 3.8) is 0 Å². The number of aromatic nitrogens is 2. The summed E-state index contributed by atoms with van der Waals surface area (Å²) >= 11 is 0. The molecule has 4 rings (SSSR count). The van der Waals surface area contributed by atoms with Gasteiger partial charge in [-0.3, -0.25) is 4.79 Å². The summed E-state index contributed by atoms with van der Waals surface area (Å²) in [5, 5.41) is 2.83. The molecule has 1 amide bonds. The van der Waals surface area contributed by atoms with Crippen molar-refractivity contribution in [1.29, 1.82) is 0 Å². The number of anilines is 1. The maximum Gasteiger partial charge on any atom is 0.229 e. The van der Waals surface area contributed by atoms with Crippen LogP contribution < -0.4 is 5.32 Å². The molecule has 0 saturated heterocycles. The second-order valence-corrected chi connectivity index (χ2v) is 8.10. The lowest BCUT2D eigenvalue weighted by atomic mass is 9.86. The van der Waals surface area contributed by atoms with E-state index in [1.165, 1.54) is 25.3 Å². The average Bonchev–Trinajstić information content (AvgIpc) is 2.79. The molecule has 160 valence electrons. The predicted molar refractivity (Wildman–Crippen MR) is 116 cm³/mol. The van der Waals surface area contributed by atoms with Gasteiger partial charge < -0.3 is 5.32 Å². The van der Waals surface area contributed by atoms with Gasteiger partial charge in [-0.1, -0.05) is 68.5 Å². The Kier molecular flexibility index (Phi) is 6.65. The number of benzene rings is 2. The second-order valence-electron chi connectivity index (χ2n) is 8.10. The second kappa shape index (κ2) is 9.77. The highest BCUT2D eigenvalue weighted by Crippen LogP contribution is 2.29. The molecule has 1 heterocycles. The third kappa shape index (κ3) is 5.51. The van der Waals surface area contributed by atoms with E-state index in [4.69, 9.17) is 4.98 Å².